The molecule has 21 heavy (non-hydrogen) atoms. The van der Waals surface area contributed by atoms with Crippen LogP contribution in [0.15, 0.2) is 18.2 Å². The third-order valence-electron chi connectivity index (χ3n) is 2.19. The maximum Gasteiger partial charge on any atom is 1.00 e. The molecule has 108 valence electrons. The molecule has 0 aliphatic carbocycles. The van der Waals surface area contributed by atoms with Crippen molar-refractivity contribution in [3.63, 3.8) is 0 Å². The monoisotopic (exact) mass is 303 g/mol. The van der Waals surface area contributed by atoms with Gasteiger partial charge < -0.3 is 24.7 Å². The fourth-order valence-electron chi connectivity index (χ4n) is 1.38. The molecule has 0 radical (unpaired) electrons. The molecule has 1 aromatic carbocycles. The average molecular weight is 303 g/mol. The molecule has 0 aliphatic rings. The number of hydrogen-bond donors (Lipinski definition) is 1. The number of carboxylic acids is 1. The molecule has 8 heteroatoms. The van der Waals surface area contributed by atoms with Gasteiger partial charge in [0, 0.05) is 25.6 Å². The molecule has 1 N–H and O–H groups in total. The van der Waals surface area contributed by atoms with E-state index in [1.165, 1.54) is 39.0 Å². The first-order chi connectivity index (χ1) is 9.29. The van der Waals surface area contributed by atoms with Crippen molar-refractivity contribution in [1.82, 2.24) is 0 Å². The Morgan fingerprint density at radius 3 is 2.10 bits per heavy atom. The van der Waals surface area contributed by atoms with E-state index in [0.717, 1.165) is 0 Å². The van der Waals surface area contributed by atoms with Crippen LogP contribution in [0, 0.1) is 0 Å². The standard InChI is InChI=1S/C13H15NO6.Na/c1-7(13(17)18)14-10-4-5-11(19-8(2)15)12(6-10)20-9(3)16;/h4-7,14H,1-3H3,(H,17,18);/q;+1/p-1/t7-;/m0./s1. The number of esters is 2. The number of aliphatic carboxylic acids is 1. The first-order valence-corrected chi connectivity index (χ1v) is 5.78. The Morgan fingerprint density at radius 2 is 1.62 bits per heavy atom. The van der Waals surface area contributed by atoms with Gasteiger partial charge in [-0.15, -0.1) is 0 Å². The molecule has 0 saturated carbocycles. The van der Waals surface area contributed by atoms with E-state index in [-0.39, 0.29) is 41.1 Å². The second-order valence-electron chi connectivity index (χ2n) is 4.03. The number of carbonyl (C=O) groups excluding carboxylic acids is 3. The molecular weight excluding hydrogens is 289 g/mol. The van der Waals surface area contributed by atoms with E-state index in [1.54, 1.807) is 0 Å². The van der Waals surface area contributed by atoms with Gasteiger partial charge in [-0.2, -0.15) is 0 Å². The van der Waals surface area contributed by atoms with Crippen LogP contribution in [0.4, 0.5) is 5.69 Å². The average Bonchev–Trinajstić information content (AvgIpc) is 2.31. The number of carboxylic acid groups (broad SMARTS) is 1. The van der Waals surface area contributed by atoms with Crippen molar-refractivity contribution in [2.75, 3.05) is 5.32 Å². The van der Waals surface area contributed by atoms with Crippen LogP contribution in [0.3, 0.4) is 0 Å². The van der Waals surface area contributed by atoms with E-state index in [1.807, 2.05) is 0 Å². The Morgan fingerprint density at radius 1 is 1.10 bits per heavy atom. The first-order valence-electron chi connectivity index (χ1n) is 5.78. The largest absolute Gasteiger partial charge is 1.00 e. The van der Waals surface area contributed by atoms with Crippen LogP contribution >= 0.6 is 0 Å². The molecule has 0 heterocycles. The third-order valence-corrected chi connectivity index (χ3v) is 2.19. The van der Waals surface area contributed by atoms with Crippen LogP contribution in [0.1, 0.15) is 20.8 Å². The minimum absolute atomic E-state index is 0. The molecular formula is C13H14NNaO6. The summed E-state index contributed by atoms with van der Waals surface area (Å²) in [6.45, 7) is 3.81. The van der Waals surface area contributed by atoms with Crippen molar-refractivity contribution in [3.05, 3.63) is 18.2 Å². The van der Waals surface area contributed by atoms with Crippen LogP contribution in [-0.4, -0.2) is 23.9 Å². The van der Waals surface area contributed by atoms with Crippen molar-refractivity contribution in [3.8, 4) is 11.5 Å². The number of benzene rings is 1. The van der Waals surface area contributed by atoms with Gasteiger partial charge in [0.15, 0.2) is 11.5 Å². The van der Waals surface area contributed by atoms with Crippen molar-refractivity contribution in [2.24, 2.45) is 0 Å². The van der Waals surface area contributed by atoms with Gasteiger partial charge in [-0.3, -0.25) is 9.59 Å². The van der Waals surface area contributed by atoms with E-state index in [2.05, 4.69) is 5.32 Å². The summed E-state index contributed by atoms with van der Waals surface area (Å²) in [5.74, 6) is -2.35. The van der Waals surface area contributed by atoms with E-state index < -0.39 is 23.9 Å². The Kier molecular flexibility index (Phi) is 8.01. The number of nitrogens with one attached hydrogen (secondary N) is 1. The molecule has 1 rings (SSSR count). The molecule has 0 aromatic heterocycles. The fraction of sp³-hybridized carbons (Fsp3) is 0.308. The van der Waals surface area contributed by atoms with E-state index in [0.29, 0.717) is 5.69 Å². The van der Waals surface area contributed by atoms with Gasteiger partial charge in [0.1, 0.15) is 0 Å². The van der Waals surface area contributed by atoms with Crippen LogP contribution in [0.5, 0.6) is 11.5 Å². The summed E-state index contributed by atoms with van der Waals surface area (Å²) in [5.41, 5.74) is 0.383. The van der Waals surface area contributed by atoms with Crippen molar-refractivity contribution in [2.45, 2.75) is 26.8 Å². The molecule has 0 aliphatic heterocycles. The summed E-state index contributed by atoms with van der Waals surface area (Å²) in [4.78, 5) is 32.6. The minimum Gasteiger partial charge on any atom is -0.548 e. The van der Waals surface area contributed by atoms with Crippen LogP contribution in [0.2, 0.25) is 0 Å². The van der Waals surface area contributed by atoms with Gasteiger partial charge in [0.05, 0.1) is 12.0 Å². The summed E-state index contributed by atoms with van der Waals surface area (Å²) < 4.78 is 9.79. The zero-order valence-electron chi connectivity index (χ0n) is 12.3. The molecule has 0 saturated heterocycles. The van der Waals surface area contributed by atoms with Gasteiger partial charge in [0.25, 0.3) is 0 Å². The zero-order chi connectivity index (χ0) is 15.3. The molecule has 7 nitrogen and oxygen atoms in total. The topological polar surface area (TPSA) is 105 Å². The smallest absolute Gasteiger partial charge is 0.548 e. The summed E-state index contributed by atoms with van der Waals surface area (Å²) in [5, 5.41) is 13.3. The maximum atomic E-state index is 11.0. The van der Waals surface area contributed by atoms with Crippen molar-refractivity contribution in [1.29, 1.82) is 0 Å². The Balaban J connectivity index is 0.00000400. The Hall–Kier alpha value is -1.57. The molecule has 0 amide bonds. The Labute approximate surface area is 143 Å². The SMILES string of the molecule is CC(=O)Oc1ccc(N[C@@H](C)C(=O)[O-])cc1OC(C)=O.[Na+]. The van der Waals surface area contributed by atoms with Gasteiger partial charge in [-0.1, -0.05) is 0 Å². The van der Waals surface area contributed by atoms with Crippen LogP contribution in [0.25, 0.3) is 0 Å². The summed E-state index contributed by atoms with van der Waals surface area (Å²) in [6.07, 6.45) is 0. The fourth-order valence-corrected chi connectivity index (χ4v) is 1.38. The van der Waals surface area contributed by atoms with Crippen molar-refractivity contribution >= 4 is 23.6 Å². The number of hydrogen-bond acceptors (Lipinski definition) is 7. The minimum atomic E-state index is -1.27. The summed E-state index contributed by atoms with van der Waals surface area (Å²) in [7, 11) is 0. The quantitative estimate of drug-likeness (QED) is 0.353. The second kappa shape index (κ2) is 8.66. The molecule has 0 bridgehead atoms. The predicted octanol–water partition coefficient (Wildman–Crippen LogP) is -2.91. The summed E-state index contributed by atoms with van der Waals surface area (Å²) >= 11 is 0. The molecule has 0 unspecified atom stereocenters. The van der Waals surface area contributed by atoms with Crippen LogP contribution in [-0.2, 0) is 14.4 Å². The van der Waals surface area contributed by atoms with E-state index in [4.69, 9.17) is 9.47 Å². The van der Waals surface area contributed by atoms with Gasteiger partial charge in [-0.25, -0.2) is 0 Å². The van der Waals surface area contributed by atoms with E-state index >= 15 is 0 Å². The second-order valence-corrected chi connectivity index (χ2v) is 4.03. The van der Waals surface area contributed by atoms with Crippen molar-refractivity contribution < 1.29 is 58.5 Å². The van der Waals surface area contributed by atoms with Gasteiger partial charge >= 0.3 is 41.5 Å². The Bertz CT molecular complexity index is 545. The number of carbonyl (C=O) groups is 3. The third kappa shape index (κ3) is 6.61. The number of rotatable bonds is 5. The zero-order valence-corrected chi connectivity index (χ0v) is 14.3. The van der Waals surface area contributed by atoms with E-state index in [9.17, 15) is 19.5 Å². The normalized spacial score (nSPS) is 10.8. The van der Waals surface area contributed by atoms with Crippen LogP contribution < -0.4 is 49.5 Å². The number of ether oxygens (including phenoxy) is 2. The predicted molar refractivity (Wildman–Crippen MR) is 67.2 cm³/mol. The maximum absolute atomic E-state index is 11.0. The molecule has 0 spiro atoms. The summed E-state index contributed by atoms with van der Waals surface area (Å²) in [6, 6.07) is 3.31. The molecule has 1 atom stereocenters. The van der Waals surface area contributed by atoms with Gasteiger partial charge in [0.2, 0.25) is 0 Å². The first kappa shape index (κ1) is 19.4. The number of anilines is 1. The molecule has 0 fully saturated rings. The molecule has 1 aromatic rings. The van der Waals surface area contributed by atoms with Gasteiger partial charge in [-0.05, 0) is 19.1 Å².